The van der Waals surface area contributed by atoms with Crippen molar-refractivity contribution in [1.82, 2.24) is 0 Å². The van der Waals surface area contributed by atoms with Crippen LogP contribution in [0.3, 0.4) is 0 Å². The topological polar surface area (TPSA) is 34.1 Å². The van der Waals surface area contributed by atoms with Crippen LogP contribution in [-0.2, 0) is 0 Å². The Morgan fingerprint density at radius 1 is 0.583 bits per heavy atom. The highest BCUT2D eigenvalue weighted by Gasteiger charge is 2.24. The fraction of sp³-hybridized carbons (Fsp3) is 0.188. The van der Waals surface area contributed by atoms with E-state index >= 15 is 0 Å². The molecule has 6 rings (SSSR count). The second-order valence-corrected chi connectivity index (χ2v) is 13.1. The van der Waals surface area contributed by atoms with Crippen LogP contribution in [-0.4, -0.2) is 0 Å². The average molecular weight is 508 g/mol. The maximum absolute atomic E-state index is 13.7. The van der Waals surface area contributed by atoms with Gasteiger partial charge in [0.2, 0.25) is 5.43 Å². The molecule has 36 heavy (non-hydrogen) atoms. The number of benzene rings is 4. The van der Waals surface area contributed by atoms with Crippen molar-refractivity contribution in [3.63, 3.8) is 0 Å². The molecule has 2 heterocycles. The summed E-state index contributed by atoms with van der Waals surface area (Å²) in [6, 6.07) is 26.9. The lowest BCUT2D eigenvalue weighted by Gasteiger charge is -2.09. The molecule has 4 aromatic carbocycles. The summed E-state index contributed by atoms with van der Waals surface area (Å²) in [5, 5.41) is 3.10. The van der Waals surface area contributed by atoms with E-state index in [-0.39, 0.29) is 10.9 Å². The Bertz CT molecular complexity index is 1940. The van der Waals surface area contributed by atoms with Gasteiger partial charge in [-0.1, -0.05) is 52.0 Å². The van der Waals surface area contributed by atoms with Crippen LogP contribution in [0.5, 0.6) is 0 Å². The van der Waals surface area contributed by atoms with E-state index in [0.29, 0.717) is 11.8 Å². The Balaban J connectivity index is 1.71. The van der Waals surface area contributed by atoms with Gasteiger partial charge < -0.3 is 0 Å². The number of hydrogen-bond acceptors (Lipinski definition) is 3. The summed E-state index contributed by atoms with van der Waals surface area (Å²) in [7, 11) is -0.465. The molecule has 0 aliphatic heterocycles. The first kappa shape index (κ1) is 23.1. The van der Waals surface area contributed by atoms with E-state index in [1.54, 1.807) is 11.3 Å². The van der Waals surface area contributed by atoms with Crippen LogP contribution < -0.4 is 10.9 Å². The summed E-state index contributed by atoms with van der Waals surface area (Å²) >= 11 is 1.67. The van der Waals surface area contributed by atoms with Crippen molar-refractivity contribution in [3.05, 3.63) is 110 Å². The third-order valence-electron chi connectivity index (χ3n) is 7.05. The summed E-state index contributed by atoms with van der Waals surface area (Å²) in [6.45, 7) is 8.61. The number of fused-ring (bicyclic) bond motifs is 4. The van der Waals surface area contributed by atoms with Crippen LogP contribution in [0.1, 0.15) is 50.7 Å². The minimum absolute atomic E-state index is 0.0865. The summed E-state index contributed by atoms with van der Waals surface area (Å²) in [5.41, 5.74) is 2.52. The molecule has 0 spiro atoms. The molecule has 6 aromatic rings. The monoisotopic (exact) mass is 507 g/mol. The van der Waals surface area contributed by atoms with Gasteiger partial charge in [0.15, 0.2) is 19.7 Å². The van der Waals surface area contributed by atoms with Crippen LogP contribution >= 0.6 is 21.8 Å². The Labute approximate surface area is 216 Å². The molecule has 0 N–H and O–H groups in total. The van der Waals surface area contributed by atoms with Gasteiger partial charge in [0.25, 0.3) is 0 Å². The Hall–Kier alpha value is -3.34. The summed E-state index contributed by atoms with van der Waals surface area (Å²) in [4.78, 5) is 28.3. The normalized spacial score (nSPS) is 12.6. The minimum atomic E-state index is -0.465. The van der Waals surface area contributed by atoms with Crippen molar-refractivity contribution < 1.29 is 0 Å². The van der Waals surface area contributed by atoms with Gasteiger partial charge in [-0.15, -0.1) is 11.3 Å². The Kier molecular flexibility index (Phi) is 5.55. The molecule has 0 radical (unpaired) electrons. The molecule has 4 heteroatoms. The molecule has 0 fully saturated rings. The number of hydrogen-bond donors (Lipinski definition) is 0. The van der Waals surface area contributed by atoms with Crippen LogP contribution in [0.2, 0.25) is 0 Å². The lowest BCUT2D eigenvalue weighted by molar-refractivity contribution is 0.869. The van der Waals surface area contributed by atoms with E-state index in [2.05, 4.69) is 88.4 Å². The van der Waals surface area contributed by atoms with Gasteiger partial charge in [0.05, 0.1) is 10.8 Å². The van der Waals surface area contributed by atoms with E-state index < -0.39 is 10.5 Å². The van der Waals surface area contributed by atoms with Gasteiger partial charge in [0, 0.05) is 36.7 Å². The van der Waals surface area contributed by atoms with Crippen molar-refractivity contribution in [3.8, 4) is 4.90 Å². The Morgan fingerprint density at radius 2 is 1.14 bits per heavy atom. The zero-order chi connectivity index (χ0) is 25.1. The van der Waals surface area contributed by atoms with E-state index in [1.807, 2.05) is 18.2 Å². The molecule has 0 amide bonds. The summed E-state index contributed by atoms with van der Waals surface area (Å²) in [5.74, 6) is 0.710. The van der Waals surface area contributed by atoms with Crippen molar-refractivity contribution >= 4 is 62.2 Å². The Morgan fingerprint density at radius 3 is 1.86 bits per heavy atom. The second-order valence-electron chi connectivity index (χ2n) is 10.0. The van der Waals surface area contributed by atoms with E-state index in [1.165, 1.54) is 11.1 Å². The summed E-state index contributed by atoms with van der Waals surface area (Å²) in [6.07, 6.45) is 0. The third-order valence-corrected chi connectivity index (χ3v) is 10.5. The van der Waals surface area contributed by atoms with Gasteiger partial charge in [-0.25, -0.2) is 0 Å². The standard InChI is InChI=1S/C32H27O2S2/c1-18(2)20-9-12-27-24(15-20)32(34)25-17-22(11-13-28(25)35-27)36-29-8-6-5-7-23(29)31(33)26-16-21(19(3)4)10-14-30(26)36/h5-19H,1-4H3/q+1. The zero-order valence-electron chi connectivity index (χ0n) is 20.8. The predicted molar refractivity (Wildman–Crippen MR) is 159 cm³/mol. The smallest absolute Gasteiger partial charge is 0.203 e. The van der Waals surface area contributed by atoms with Crippen molar-refractivity contribution in [2.24, 2.45) is 0 Å². The molecule has 2 nitrogen and oxygen atoms in total. The SMILES string of the molecule is CC(C)c1ccc2sc3ccc(-[s+]4c5ccccc5c(=O)c5cc(C(C)C)ccc54)cc3c(=O)c2c1. The van der Waals surface area contributed by atoms with E-state index in [4.69, 9.17) is 0 Å². The molecule has 2 aromatic heterocycles. The highest BCUT2D eigenvalue weighted by Crippen LogP contribution is 2.44. The first-order chi connectivity index (χ1) is 17.3. The van der Waals surface area contributed by atoms with Crippen molar-refractivity contribution in [1.29, 1.82) is 0 Å². The van der Waals surface area contributed by atoms with E-state index in [0.717, 1.165) is 45.2 Å². The molecular formula is C32H27O2S2+. The quantitative estimate of drug-likeness (QED) is 0.177. The molecule has 0 saturated carbocycles. The molecule has 0 saturated heterocycles. The molecule has 1 unspecified atom stereocenters. The van der Waals surface area contributed by atoms with Crippen molar-refractivity contribution in [2.75, 3.05) is 0 Å². The van der Waals surface area contributed by atoms with Crippen LogP contribution in [0.4, 0.5) is 0 Å². The summed E-state index contributed by atoms with van der Waals surface area (Å²) < 4.78 is 4.09. The lowest BCUT2D eigenvalue weighted by Crippen LogP contribution is -2.04. The molecule has 1 atom stereocenters. The first-order valence-electron chi connectivity index (χ1n) is 12.4. The average Bonchev–Trinajstić information content (AvgIpc) is 2.88. The maximum atomic E-state index is 13.7. The van der Waals surface area contributed by atoms with Gasteiger partial charge in [-0.05, 0) is 71.5 Å². The number of rotatable bonds is 3. The first-order valence-corrected chi connectivity index (χ1v) is 14.4. The van der Waals surface area contributed by atoms with Crippen LogP contribution in [0.15, 0.2) is 88.5 Å². The minimum Gasteiger partial charge on any atom is -0.288 e. The third kappa shape index (κ3) is 3.59. The van der Waals surface area contributed by atoms with Crippen molar-refractivity contribution in [2.45, 2.75) is 39.5 Å². The lowest BCUT2D eigenvalue weighted by atomic mass is 10.0. The highest BCUT2D eigenvalue weighted by molar-refractivity contribution is 7.49. The fourth-order valence-electron chi connectivity index (χ4n) is 4.95. The van der Waals surface area contributed by atoms with Gasteiger partial charge in [0.1, 0.15) is 0 Å². The van der Waals surface area contributed by atoms with Gasteiger partial charge in [-0.3, -0.25) is 9.59 Å². The predicted octanol–water partition coefficient (Wildman–Crippen LogP) is 9.07. The molecule has 178 valence electrons. The molecule has 0 aliphatic carbocycles. The highest BCUT2D eigenvalue weighted by atomic mass is 32.2. The van der Waals surface area contributed by atoms with Crippen LogP contribution in [0, 0.1) is 0 Å². The van der Waals surface area contributed by atoms with Gasteiger partial charge >= 0.3 is 0 Å². The zero-order valence-corrected chi connectivity index (χ0v) is 22.4. The largest absolute Gasteiger partial charge is 0.288 e. The van der Waals surface area contributed by atoms with Gasteiger partial charge in [-0.2, -0.15) is 0 Å². The fourth-order valence-corrected chi connectivity index (χ4v) is 8.34. The second kappa shape index (κ2) is 8.65. The molecule has 0 aliphatic rings. The van der Waals surface area contributed by atoms with E-state index in [9.17, 15) is 9.59 Å². The van der Waals surface area contributed by atoms with Crippen LogP contribution in [0.25, 0.3) is 45.2 Å². The maximum Gasteiger partial charge on any atom is 0.203 e. The molecule has 0 bridgehead atoms. The molecular weight excluding hydrogens is 480 g/mol.